The van der Waals surface area contributed by atoms with Gasteiger partial charge in [-0.1, -0.05) is 15.9 Å². The van der Waals surface area contributed by atoms with Crippen LogP contribution in [0.1, 0.15) is 5.76 Å². The summed E-state index contributed by atoms with van der Waals surface area (Å²) in [5, 5.41) is 0.674. The SMILES string of the molecule is O=C1OC(CBr)CN1Cc1ccco1. The van der Waals surface area contributed by atoms with Gasteiger partial charge in [0.1, 0.15) is 11.9 Å². The van der Waals surface area contributed by atoms with Crippen LogP contribution in [-0.4, -0.2) is 29.0 Å². The minimum atomic E-state index is -0.272. The Morgan fingerprint density at radius 2 is 2.50 bits per heavy atom. The maximum absolute atomic E-state index is 11.3. The van der Waals surface area contributed by atoms with E-state index < -0.39 is 0 Å². The first-order chi connectivity index (χ1) is 6.79. The number of cyclic esters (lactones) is 1. The van der Waals surface area contributed by atoms with Gasteiger partial charge in [0, 0.05) is 5.33 Å². The third-order valence-corrected chi connectivity index (χ3v) is 2.77. The molecule has 0 radical (unpaired) electrons. The van der Waals surface area contributed by atoms with E-state index in [4.69, 9.17) is 9.15 Å². The van der Waals surface area contributed by atoms with Crippen molar-refractivity contribution in [2.24, 2.45) is 0 Å². The lowest BCUT2D eigenvalue weighted by atomic mass is 10.3. The van der Waals surface area contributed by atoms with E-state index in [1.165, 1.54) is 0 Å². The molecule has 1 atom stereocenters. The van der Waals surface area contributed by atoms with E-state index in [0.29, 0.717) is 18.4 Å². The highest BCUT2D eigenvalue weighted by molar-refractivity contribution is 9.09. The van der Waals surface area contributed by atoms with Crippen molar-refractivity contribution in [1.82, 2.24) is 4.90 Å². The van der Waals surface area contributed by atoms with Gasteiger partial charge < -0.3 is 9.15 Å². The number of ether oxygens (including phenoxy) is 1. The molecule has 0 spiro atoms. The van der Waals surface area contributed by atoms with E-state index in [2.05, 4.69) is 15.9 Å². The lowest BCUT2D eigenvalue weighted by Crippen LogP contribution is -2.24. The van der Waals surface area contributed by atoms with Gasteiger partial charge in [-0.15, -0.1) is 0 Å². The van der Waals surface area contributed by atoms with E-state index in [9.17, 15) is 4.79 Å². The van der Waals surface area contributed by atoms with Crippen LogP contribution in [0.2, 0.25) is 0 Å². The molecule has 0 bridgehead atoms. The molecule has 1 aliphatic rings. The van der Waals surface area contributed by atoms with E-state index in [1.807, 2.05) is 6.07 Å². The molecule has 1 aromatic rings. The topological polar surface area (TPSA) is 42.7 Å². The van der Waals surface area contributed by atoms with Crippen molar-refractivity contribution in [2.45, 2.75) is 12.6 Å². The molecule has 4 nitrogen and oxygen atoms in total. The number of carbonyl (C=O) groups is 1. The standard InChI is InChI=1S/C9H10BrNO3/c10-4-8-6-11(9(12)14-8)5-7-2-1-3-13-7/h1-3,8H,4-6H2. The van der Waals surface area contributed by atoms with Crippen LogP contribution in [0.4, 0.5) is 4.79 Å². The van der Waals surface area contributed by atoms with Crippen LogP contribution in [0.3, 0.4) is 0 Å². The summed E-state index contributed by atoms with van der Waals surface area (Å²) in [4.78, 5) is 12.9. The summed E-state index contributed by atoms with van der Waals surface area (Å²) in [5.41, 5.74) is 0. The summed E-state index contributed by atoms with van der Waals surface area (Å²) < 4.78 is 10.2. The zero-order chi connectivity index (χ0) is 9.97. The number of carbonyl (C=O) groups excluding carboxylic acids is 1. The van der Waals surface area contributed by atoms with Gasteiger partial charge in [0.25, 0.3) is 0 Å². The minimum Gasteiger partial charge on any atom is -0.467 e. The molecule has 5 heteroatoms. The molecule has 1 saturated heterocycles. The summed E-state index contributed by atoms with van der Waals surface area (Å²) in [6.45, 7) is 1.10. The van der Waals surface area contributed by atoms with Crippen LogP contribution >= 0.6 is 15.9 Å². The van der Waals surface area contributed by atoms with Gasteiger partial charge in [0.05, 0.1) is 19.4 Å². The largest absolute Gasteiger partial charge is 0.467 e. The maximum Gasteiger partial charge on any atom is 0.410 e. The number of rotatable bonds is 3. The van der Waals surface area contributed by atoms with Crippen molar-refractivity contribution in [1.29, 1.82) is 0 Å². The van der Waals surface area contributed by atoms with Crippen LogP contribution in [0.15, 0.2) is 22.8 Å². The number of furan rings is 1. The number of hydrogen-bond donors (Lipinski definition) is 0. The van der Waals surface area contributed by atoms with E-state index in [-0.39, 0.29) is 12.2 Å². The average molecular weight is 260 g/mol. The maximum atomic E-state index is 11.3. The molecule has 0 aliphatic carbocycles. The van der Waals surface area contributed by atoms with Crippen LogP contribution in [0.5, 0.6) is 0 Å². The fraction of sp³-hybridized carbons (Fsp3) is 0.444. The van der Waals surface area contributed by atoms with Gasteiger partial charge in [-0.25, -0.2) is 4.79 Å². The number of hydrogen-bond acceptors (Lipinski definition) is 3. The van der Waals surface area contributed by atoms with Gasteiger partial charge >= 0.3 is 6.09 Å². The number of halogens is 1. The predicted molar refractivity (Wildman–Crippen MR) is 53.2 cm³/mol. The Bertz CT molecular complexity index is 312. The first-order valence-corrected chi connectivity index (χ1v) is 5.45. The second kappa shape index (κ2) is 4.04. The predicted octanol–water partition coefficient (Wildman–Crippen LogP) is 2.00. The smallest absolute Gasteiger partial charge is 0.410 e. The third-order valence-electron chi connectivity index (χ3n) is 2.05. The molecule has 1 unspecified atom stereocenters. The summed E-state index contributed by atoms with van der Waals surface area (Å²) in [5.74, 6) is 0.775. The molecule has 2 heterocycles. The molecule has 1 fully saturated rings. The van der Waals surface area contributed by atoms with Crippen LogP contribution in [0, 0.1) is 0 Å². The molecule has 0 saturated carbocycles. The second-order valence-electron chi connectivity index (χ2n) is 3.12. The molecular formula is C9H10BrNO3. The summed E-state index contributed by atoms with van der Waals surface area (Å²) >= 11 is 3.28. The van der Waals surface area contributed by atoms with Crippen molar-refractivity contribution >= 4 is 22.0 Å². The Morgan fingerprint density at radius 1 is 1.64 bits per heavy atom. The lowest BCUT2D eigenvalue weighted by molar-refractivity contribution is 0.138. The van der Waals surface area contributed by atoms with Gasteiger partial charge in [-0.05, 0) is 12.1 Å². The Hall–Kier alpha value is -0.970. The van der Waals surface area contributed by atoms with Gasteiger partial charge in [0.15, 0.2) is 0 Å². The first kappa shape index (κ1) is 9.58. The monoisotopic (exact) mass is 259 g/mol. The normalized spacial score (nSPS) is 21.4. The van der Waals surface area contributed by atoms with Gasteiger partial charge in [-0.2, -0.15) is 0 Å². The molecule has 1 aromatic heterocycles. The zero-order valence-corrected chi connectivity index (χ0v) is 9.07. The highest BCUT2D eigenvalue weighted by Gasteiger charge is 2.30. The average Bonchev–Trinajstić information content (AvgIpc) is 2.78. The Labute approximate surface area is 89.9 Å². The molecule has 0 N–H and O–H groups in total. The van der Waals surface area contributed by atoms with Gasteiger partial charge in [0.2, 0.25) is 0 Å². The van der Waals surface area contributed by atoms with Crippen LogP contribution in [-0.2, 0) is 11.3 Å². The third kappa shape index (κ3) is 1.92. The first-order valence-electron chi connectivity index (χ1n) is 4.33. The van der Waals surface area contributed by atoms with Crippen molar-refractivity contribution in [3.63, 3.8) is 0 Å². The molecule has 0 aromatic carbocycles. The fourth-order valence-corrected chi connectivity index (χ4v) is 1.71. The highest BCUT2D eigenvalue weighted by Crippen LogP contribution is 2.16. The molecular weight excluding hydrogens is 250 g/mol. The fourth-order valence-electron chi connectivity index (χ4n) is 1.37. The van der Waals surface area contributed by atoms with Crippen molar-refractivity contribution in [2.75, 3.05) is 11.9 Å². The van der Waals surface area contributed by atoms with Crippen molar-refractivity contribution in [3.05, 3.63) is 24.2 Å². The second-order valence-corrected chi connectivity index (χ2v) is 3.77. The van der Waals surface area contributed by atoms with Gasteiger partial charge in [-0.3, -0.25) is 4.90 Å². The number of amides is 1. The summed E-state index contributed by atoms with van der Waals surface area (Å²) in [6.07, 6.45) is 1.28. The molecule has 1 amide bonds. The van der Waals surface area contributed by atoms with Crippen molar-refractivity contribution < 1.29 is 13.9 Å². The Balaban J connectivity index is 1.96. The number of nitrogens with zero attached hydrogens (tertiary/aromatic N) is 1. The lowest BCUT2D eigenvalue weighted by Gasteiger charge is -2.09. The quantitative estimate of drug-likeness (QED) is 0.780. The van der Waals surface area contributed by atoms with Crippen LogP contribution < -0.4 is 0 Å². The summed E-state index contributed by atoms with van der Waals surface area (Å²) in [7, 11) is 0. The Kier molecular flexibility index (Phi) is 2.77. The Morgan fingerprint density at radius 3 is 3.07 bits per heavy atom. The summed E-state index contributed by atoms with van der Waals surface area (Å²) in [6, 6.07) is 3.65. The van der Waals surface area contributed by atoms with Crippen molar-refractivity contribution in [3.8, 4) is 0 Å². The van der Waals surface area contributed by atoms with Crippen LogP contribution in [0.25, 0.3) is 0 Å². The highest BCUT2D eigenvalue weighted by atomic mass is 79.9. The van der Waals surface area contributed by atoms with E-state index >= 15 is 0 Å². The molecule has 1 aliphatic heterocycles. The molecule has 76 valence electrons. The van der Waals surface area contributed by atoms with E-state index in [0.717, 1.165) is 5.76 Å². The molecule has 14 heavy (non-hydrogen) atoms. The van der Waals surface area contributed by atoms with E-state index in [1.54, 1.807) is 17.2 Å². The molecule has 2 rings (SSSR count). The zero-order valence-electron chi connectivity index (χ0n) is 7.48. The minimum absolute atomic E-state index is 0.0440. The number of alkyl halides is 1.